The number of imidazole rings is 1. The minimum atomic E-state index is -1.33. The van der Waals surface area contributed by atoms with Crippen molar-refractivity contribution in [2.45, 2.75) is 46.3 Å². The molecule has 0 saturated carbocycles. The number of hydrogen-bond donors (Lipinski definition) is 1. The molecule has 0 aliphatic carbocycles. The highest BCUT2D eigenvalue weighted by Gasteiger charge is 2.17. The fourth-order valence-corrected chi connectivity index (χ4v) is 4.84. The van der Waals surface area contributed by atoms with Crippen LogP contribution >= 0.6 is 0 Å². The molecule has 0 fully saturated rings. The van der Waals surface area contributed by atoms with Crippen LogP contribution in [0.1, 0.15) is 42.3 Å². The fraction of sp³-hybridized carbons (Fsp3) is 0.212. The van der Waals surface area contributed by atoms with Crippen molar-refractivity contribution in [3.8, 4) is 22.6 Å². The van der Waals surface area contributed by atoms with E-state index in [1.165, 1.54) is 0 Å². The number of nitrogens with zero attached hydrogens (tertiary/aromatic N) is 2. The molecule has 0 saturated heterocycles. The van der Waals surface area contributed by atoms with Crippen LogP contribution in [-0.2, 0) is 19.6 Å². The van der Waals surface area contributed by atoms with Gasteiger partial charge in [0.15, 0.2) is 0 Å². The van der Waals surface area contributed by atoms with Gasteiger partial charge in [0.2, 0.25) is 0 Å². The third-order valence-corrected chi connectivity index (χ3v) is 6.82. The molecule has 0 aliphatic rings. The molecule has 6 heteroatoms. The second kappa shape index (κ2) is 11.9. The number of carboxylic acid groups (broad SMARTS) is 1. The maximum atomic E-state index is 11.1. The van der Waals surface area contributed by atoms with Gasteiger partial charge in [0.05, 0.1) is 5.52 Å². The Hall–Kier alpha value is -4.58. The summed E-state index contributed by atoms with van der Waals surface area (Å²) in [5.74, 6) is 2.16. The number of benzene rings is 4. The zero-order valence-electron chi connectivity index (χ0n) is 22.3. The number of aromatic nitrogens is 2. The molecule has 0 aliphatic heterocycles. The second-order valence-corrected chi connectivity index (χ2v) is 9.63. The molecule has 0 atom stereocenters. The highest BCUT2D eigenvalue weighted by atomic mass is 16.7. The Morgan fingerprint density at radius 1 is 0.872 bits per heavy atom. The molecular weight excluding hydrogens is 488 g/mol. The van der Waals surface area contributed by atoms with Crippen LogP contribution in [0.2, 0.25) is 0 Å². The number of unbranched alkanes of at least 4 members (excludes halogenated alkanes) is 1. The predicted molar refractivity (Wildman–Crippen MR) is 153 cm³/mol. The molecule has 0 radical (unpaired) electrons. The first-order valence-corrected chi connectivity index (χ1v) is 13.3. The van der Waals surface area contributed by atoms with Gasteiger partial charge in [-0.1, -0.05) is 92.2 Å². The quantitative estimate of drug-likeness (QED) is 0.149. The Balaban J connectivity index is 1.47. The monoisotopic (exact) mass is 520 g/mol. The molecule has 1 aromatic heterocycles. The van der Waals surface area contributed by atoms with E-state index >= 15 is 0 Å². The number of aryl methyl sites for hydroxylation is 2. The Bertz CT molecular complexity index is 1570. The first kappa shape index (κ1) is 26.0. The van der Waals surface area contributed by atoms with Crippen molar-refractivity contribution < 1.29 is 19.4 Å². The van der Waals surface area contributed by atoms with Gasteiger partial charge in [0, 0.05) is 18.5 Å². The van der Waals surface area contributed by atoms with Crippen molar-refractivity contribution in [3.05, 3.63) is 114 Å². The van der Waals surface area contributed by atoms with E-state index in [1.54, 1.807) is 12.1 Å². The molecule has 198 valence electrons. The third-order valence-electron chi connectivity index (χ3n) is 6.82. The summed E-state index contributed by atoms with van der Waals surface area (Å²) < 4.78 is 13.6. The van der Waals surface area contributed by atoms with E-state index in [9.17, 15) is 4.79 Å². The van der Waals surface area contributed by atoms with Crippen molar-refractivity contribution in [1.29, 1.82) is 0 Å². The molecule has 5 rings (SSSR count). The first-order valence-electron chi connectivity index (χ1n) is 13.3. The van der Waals surface area contributed by atoms with Crippen molar-refractivity contribution in [3.63, 3.8) is 0 Å². The number of carbonyl (C=O) groups is 1. The normalized spacial score (nSPS) is 11.0. The van der Waals surface area contributed by atoms with Crippen LogP contribution in [0.15, 0.2) is 91.0 Å². The minimum absolute atomic E-state index is 0.318. The van der Waals surface area contributed by atoms with Crippen LogP contribution in [0.5, 0.6) is 11.5 Å². The van der Waals surface area contributed by atoms with Crippen molar-refractivity contribution >= 4 is 17.2 Å². The summed E-state index contributed by atoms with van der Waals surface area (Å²) >= 11 is 0. The van der Waals surface area contributed by atoms with Gasteiger partial charge in [-0.2, -0.15) is 0 Å². The van der Waals surface area contributed by atoms with Crippen molar-refractivity contribution in [1.82, 2.24) is 9.55 Å². The summed E-state index contributed by atoms with van der Waals surface area (Å²) in [5.41, 5.74) is 7.02. The van der Waals surface area contributed by atoms with Gasteiger partial charge in [-0.15, -0.1) is 0 Å². The van der Waals surface area contributed by atoms with Gasteiger partial charge < -0.3 is 19.1 Å². The average molecular weight is 521 g/mol. The summed E-state index contributed by atoms with van der Waals surface area (Å²) in [7, 11) is 0. The fourth-order valence-electron chi connectivity index (χ4n) is 4.84. The molecule has 6 nitrogen and oxygen atoms in total. The van der Waals surface area contributed by atoms with Gasteiger partial charge in [-0.3, -0.25) is 0 Å². The van der Waals surface area contributed by atoms with E-state index < -0.39 is 6.16 Å². The zero-order chi connectivity index (χ0) is 27.2. The molecule has 1 heterocycles. The molecular formula is C33H32N2O4. The average Bonchev–Trinajstić information content (AvgIpc) is 3.31. The maximum Gasteiger partial charge on any atom is 0.511 e. The van der Waals surface area contributed by atoms with Crippen LogP contribution in [0.25, 0.3) is 22.2 Å². The molecule has 0 bridgehead atoms. The molecule has 0 amide bonds. The summed E-state index contributed by atoms with van der Waals surface area (Å²) in [4.78, 5) is 16.2. The molecule has 4 aromatic carbocycles. The molecule has 39 heavy (non-hydrogen) atoms. The van der Waals surface area contributed by atoms with Crippen LogP contribution in [0.3, 0.4) is 0 Å². The van der Waals surface area contributed by atoms with E-state index in [4.69, 9.17) is 19.6 Å². The summed E-state index contributed by atoms with van der Waals surface area (Å²) in [6.07, 6.45) is 1.71. The number of rotatable bonds is 10. The van der Waals surface area contributed by atoms with E-state index in [0.717, 1.165) is 69.7 Å². The summed E-state index contributed by atoms with van der Waals surface area (Å²) in [5, 5.41) is 9.09. The lowest BCUT2D eigenvalue weighted by atomic mass is 10.0. The number of fused-ring (bicyclic) bond motifs is 1. The number of ether oxygens (including phenoxy) is 2. The molecule has 0 unspecified atom stereocenters. The lowest BCUT2D eigenvalue weighted by Crippen LogP contribution is -2.06. The van der Waals surface area contributed by atoms with Crippen LogP contribution in [0.4, 0.5) is 4.79 Å². The minimum Gasteiger partial charge on any atom is -0.487 e. The number of hydrogen-bond acceptors (Lipinski definition) is 4. The summed E-state index contributed by atoms with van der Waals surface area (Å²) in [6.45, 7) is 5.47. The third kappa shape index (κ3) is 5.96. The van der Waals surface area contributed by atoms with Gasteiger partial charge >= 0.3 is 6.16 Å². The first-order chi connectivity index (χ1) is 19.0. The Morgan fingerprint density at radius 3 is 2.36 bits per heavy atom. The molecule has 0 spiro atoms. The van der Waals surface area contributed by atoms with Crippen molar-refractivity contribution in [2.24, 2.45) is 0 Å². The zero-order valence-corrected chi connectivity index (χ0v) is 22.3. The van der Waals surface area contributed by atoms with E-state index in [2.05, 4.69) is 48.7 Å². The Kier molecular flexibility index (Phi) is 7.92. The van der Waals surface area contributed by atoms with Crippen LogP contribution < -0.4 is 9.47 Å². The van der Waals surface area contributed by atoms with Gasteiger partial charge in [0.25, 0.3) is 0 Å². The predicted octanol–water partition coefficient (Wildman–Crippen LogP) is 8.04. The Morgan fingerprint density at radius 2 is 1.62 bits per heavy atom. The van der Waals surface area contributed by atoms with Crippen LogP contribution in [0, 0.1) is 6.92 Å². The number of para-hydroxylation sites is 1. The van der Waals surface area contributed by atoms with Crippen LogP contribution in [-0.4, -0.2) is 20.8 Å². The van der Waals surface area contributed by atoms with E-state index in [1.807, 2.05) is 48.5 Å². The second-order valence-electron chi connectivity index (χ2n) is 9.63. The Labute approximate surface area is 228 Å². The maximum absolute atomic E-state index is 11.1. The lowest BCUT2D eigenvalue weighted by Gasteiger charge is -2.13. The SMILES string of the molecule is CCCCc1nc2c(OCc3ccccc3)ccc(C)c2n1Cc1ccc(-c2ccccc2OC(=O)O)cc1. The van der Waals surface area contributed by atoms with E-state index in [0.29, 0.717) is 18.9 Å². The lowest BCUT2D eigenvalue weighted by molar-refractivity contribution is 0.144. The molecule has 1 N–H and O–H groups in total. The smallest absolute Gasteiger partial charge is 0.487 e. The summed E-state index contributed by atoms with van der Waals surface area (Å²) in [6, 6.07) is 29.6. The van der Waals surface area contributed by atoms with Gasteiger partial charge in [-0.25, -0.2) is 9.78 Å². The van der Waals surface area contributed by atoms with E-state index in [-0.39, 0.29) is 0 Å². The van der Waals surface area contributed by atoms with Gasteiger partial charge in [-0.05, 0) is 47.7 Å². The topological polar surface area (TPSA) is 73.6 Å². The van der Waals surface area contributed by atoms with Crippen molar-refractivity contribution in [2.75, 3.05) is 0 Å². The standard InChI is InChI=1S/C33H32N2O4/c1-3-4-14-30-34-31-29(38-22-25-10-6-5-7-11-25)20-15-23(2)32(31)35(30)21-24-16-18-26(19-17-24)27-12-8-9-13-28(27)39-33(36)37/h5-13,15-20H,3-4,14,21-22H2,1-2H3,(H,36,37). The largest absolute Gasteiger partial charge is 0.511 e. The highest BCUT2D eigenvalue weighted by molar-refractivity contribution is 5.85. The highest BCUT2D eigenvalue weighted by Crippen LogP contribution is 2.33. The van der Waals surface area contributed by atoms with Gasteiger partial charge in [0.1, 0.15) is 29.4 Å². The molecule has 5 aromatic rings.